The van der Waals surface area contributed by atoms with Crippen molar-refractivity contribution < 1.29 is 9.59 Å². The van der Waals surface area contributed by atoms with Gasteiger partial charge in [0.25, 0.3) is 5.91 Å². The number of amides is 3. The van der Waals surface area contributed by atoms with E-state index < -0.39 is 6.03 Å². The summed E-state index contributed by atoms with van der Waals surface area (Å²) in [4.78, 5) is 25.3. The van der Waals surface area contributed by atoms with Crippen LogP contribution in [0.15, 0.2) is 34.8 Å². The van der Waals surface area contributed by atoms with Crippen LogP contribution in [0, 0.1) is 0 Å². The molecule has 1 saturated heterocycles. The minimum absolute atomic E-state index is 0.0964. The SMILES string of the molecule is NC(=O)Nc1cc(-c2cccc(Br)c2)sc1C(=O)NC1CCCNC1. The normalized spacial score (nSPS) is 17.1. The number of hydrogen-bond acceptors (Lipinski definition) is 4. The van der Waals surface area contributed by atoms with Gasteiger partial charge in [-0.3, -0.25) is 4.79 Å². The van der Waals surface area contributed by atoms with Crippen LogP contribution in [0.3, 0.4) is 0 Å². The largest absolute Gasteiger partial charge is 0.351 e. The van der Waals surface area contributed by atoms with E-state index in [0.29, 0.717) is 10.6 Å². The molecule has 0 saturated carbocycles. The first-order valence-electron chi connectivity index (χ1n) is 8.01. The molecule has 1 atom stereocenters. The molecule has 5 N–H and O–H groups in total. The maximum atomic E-state index is 12.7. The summed E-state index contributed by atoms with van der Waals surface area (Å²) in [5.74, 6) is -0.191. The van der Waals surface area contributed by atoms with Gasteiger partial charge in [0, 0.05) is 21.9 Å². The van der Waals surface area contributed by atoms with Crippen LogP contribution in [0.25, 0.3) is 10.4 Å². The number of nitrogens with one attached hydrogen (secondary N) is 3. The zero-order valence-corrected chi connectivity index (χ0v) is 15.9. The van der Waals surface area contributed by atoms with Gasteiger partial charge in [0.05, 0.1) is 5.69 Å². The molecule has 0 radical (unpaired) electrons. The molecule has 1 aromatic heterocycles. The highest BCUT2D eigenvalue weighted by molar-refractivity contribution is 9.10. The molecule has 25 heavy (non-hydrogen) atoms. The summed E-state index contributed by atoms with van der Waals surface area (Å²) < 4.78 is 0.946. The van der Waals surface area contributed by atoms with Crippen molar-refractivity contribution in [2.45, 2.75) is 18.9 Å². The Morgan fingerprint density at radius 2 is 2.16 bits per heavy atom. The van der Waals surface area contributed by atoms with Crippen LogP contribution < -0.4 is 21.7 Å². The number of hydrogen-bond donors (Lipinski definition) is 4. The fraction of sp³-hybridized carbons (Fsp3) is 0.294. The van der Waals surface area contributed by atoms with Gasteiger partial charge < -0.3 is 21.7 Å². The minimum atomic E-state index is -0.688. The van der Waals surface area contributed by atoms with E-state index >= 15 is 0 Å². The summed E-state index contributed by atoms with van der Waals surface area (Å²) >= 11 is 4.78. The summed E-state index contributed by atoms with van der Waals surface area (Å²) in [7, 11) is 0. The van der Waals surface area contributed by atoms with Crippen LogP contribution in [-0.2, 0) is 0 Å². The lowest BCUT2D eigenvalue weighted by atomic mass is 10.1. The number of halogens is 1. The van der Waals surface area contributed by atoms with Crippen LogP contribution in [0.4, 0.5) is 10.5 Å². The van der Waals surface area contributed by atoms with E-state index in [0.717, 1.165) is 40.8 Å². The number of nitrogens with two attached hydrogens (primary N) is 1. The van der Waals surface area contributed by atoms with Gasteiger partial charge in [-0.2, -0.15) is 0 Å². The molecule has 1 aliphatic heterocycles. The number of thiophene rings is 1. The molecule has 132 valence electrons. The van der Waals surface area contributed by atoms with Crippen LogP contribution in [0.1, 0.15) is 22.5 Å². The third kappa shape index (κ3) is 4.59. The van der Waals surface area contributed by atoms with Crippen molar-refractivity contribution in [3.8, 4) is 10.4 Å². The zero-order chi connectivity index (χ0) is 17.8. The van der Waals surface area contributed by atoms with Crippen LogP contribution in [-0.4, -0.2) is 31.1 Å². The molecule has 1 aliphatic rings. The molecule has 1 unspecified atom stereocenters. The van der Waals surface area contributed by atoms with E-state index in [4.69, 9.17) is 5.73 Å². The number of primary amides is 1. The predicted molar refractivity (Wildman–Crippen MR) is 104 cm³/mol. The highest BCUT2D eigenvalue weighted by atomic mass is 79.9. The van der Waals surface area contributed by atoms with E-state index in [-0.39, 0.29) is 11.9 Å². The number of piperidine rings is 1. The van der Waals surface area contributed by atoms with Gasteiger partial charge in [-0.15, -0.1) is 11.3 Å². The van der Waals surface area contributed by atoms with Crippen LogP contribution in [0.5, 0.6) is 0 Å². The minimum Gasteiger partial charge on any atom is -0.351 e. The molecule has 2 heterocycles. The van der Waals surface area contributed by atoms with Crippen molar-refractivity contribution in [1.82, 2.24) is 10.6 Å². The Hall–Kier alpha value is -1.90. The standard InChI is InChI=1S/C17H19BrN4O2S/c18-11-4-1-3-10(7-11)14-8-13(22-17(19)24)15(25-14)16(23)21-12-5-2-6-20-9-12/h1,3-4,7-8,12,20H,2,5-6,9H2,(H,21,23)(H3,19,22,24). The number of carbonyl (C=O) groups excluding carboxylic acids is 2. The molecule has 0 spiro atoms. The van der Waals surface area contributed by atoms with Gasteiger partial charge in [0.2, 0.25) is 0 Å². The van der Waals surface area contributed by atoms with E-state index in [2.05, 4.69) is 31.9 Å². The smallest absolute Gasteiger partial charge is 0.316 e. The van der Waals surface area contributed by atoms with Crippen molar-refractivity contribution in [3.05, 3.63) is 39.7 Å². The van der Waals surface area contributed by atoms with Crippen LogP contribution in [0.2, 0.25) is 0 Å². The maximum Gasteiger partial charge on any atom is 0.316 e. The molecule has 1 fully saturated rings. The van der Waals surface area contributed by atoms with Crippen molar-refractivity contribution in [2.75, 3.05) is 18.4 Å². The van der Waals surface area contributed by atoms with E-state index in [1.54, 1.807) is 6.07 Å². The number of rotatable bonds is 4. The van der Waals surface area contributed by atoms with E-state index in [9.17, 15) is 9.59 Å². The third-order valence-electron chi connectivity index (χ3n) is 3.94. The number of urea groups is 1. The highest BCUT2D eigenvalue weighted by Gasteiger charge is 2.22. The van der Waals surface area contributed by atoms with E-state index in [1.165, 1.54) is 11.3 Å². The summed E-state index contributed by atoms with van der Waals surface area (Å²) in [6, 6.07) is 8.97. The number of benzene rings is 1. The first-order chi connectivity index (χ1) is 12.0. The van der Waals surface area contributed by atoms with Crippen LogP contribution >= 0.6 is 27.3 Å². The zero-order valence-electron chi connectivity index (χ0n) is 13.5. The van der Waals surface area contributed by atoms with Gasteiger partial charge in [0.1, 0.15) is 4.88 Å². The molecular weight excluding hydrogens is 404 g/mol. The Kier molecular flexibility index (Phi) is 5.72. The summed E-state index contributed by atoms with van der Waals surface area (Å²) in [5.41, 5.74) is 6.66. The fourth-order valence-electron chi connectivity index (χ4n) is 2.80. The molecule has 0 bridgehead atoms. The molecule has 0 aliphatic carbocycles. The molecular formula is C17H19BrN4O2S. The third-order valence-corrected chi connectivity index (χ3v) is 5.61. The predicted octanol–water partition coefficient (Wildman–Crippen LogP) is 3.15. The maximum absolute atomic E-state index is 12.7. The lowest BCUT2D eigenvalue weighted by molar-refractivity contribution is 0.0935. The summed E-state index contributed by atoms with van der Waals surface area (Å²) in [5, 5.41) is 8.86. The van der Waals surface area contributed by atoms with Gasteiger partial charge in [-0.05, 0) is 43.1 Å². The first-order valence-corrected chi connectivity index (χ1v) is 9.61. The molecule has 6 nitrogen and oxygen atoms in total. The molecule has 8 heteroatoms. The highest BCUT2D eigenvalue weighted by Crippen LogP contribution is 2.35. The van der Waals surface area contributed by atoms with Crippen molar-refractivity contribution in [3.63, 3.8) is 0 Å². The van der Waals surface area contributed by atoms with E-state index in [1.807, 2.05) is 24.3 Å². The fourth-order valence-corrected chi connectivity index (χ4v) is 4.21. The Labute approximate surface area is 158 Å². The molecule has 3 rings (SSSR count). The Morgan fingerprint density at radius 3 is 2.84 bits per heavy atom. The monoisotopic (exact) mass is 422 g/mol. The lowest BCUT2D eigenvalue weighted by Crippen LogP contribution is -2.45. The van der Waals surface area contributed by atoms with Crippen molar-refractivity contribution in [2.24, 2.45) is 5.73 Å². The molecule has 2 aromatic rings. The number of carbonyl (C=O) groups is 2. The van der Waals surface area contributed by atoms with Gasteiger partial charge in [-0.25, -0.2) is 4.79 Å². The Balaban J connectivity index is 1.87. The summed E-state index contributed by atoms with van der Waals surface area (Å²) in [6.07, 6.45) is 1.98. The average Bonchev–Trinajstić information content (AvgIpc) is 2.99. The Morgan fingerprint density at radius 1 is 1.32 bits per heavy atom. The first kappa shape index (κ1) is 17.9. The second kappa shape index (κ2) is 7.99. The Bertz CT molecular complexity index is 787. The molecule has 3 amide bonds. The molecule has 1 aromatic carbocycles. The second-order valence-corrected chi connectivity index (χ2v) is 7.84. The second-order valence-electron chi connectivity index (χ2n) is 5.87. The van der Waals surface area contributed by atoms with Gasteiger partial charge in [0.15, 0.2) is 0 Å². The van der Waals surface area contributed by atoms with Gasteiger partial charge >= 0.3 is 6.03 Å². The average molecular weight is 423 g/mol. The summed E-state index contributed by atoms with van der Waals surface area (Å²) in [6.45, 7) is 1.74. The number of anilines is 1. The van der Waals surface area contributed by atoms with Gasteiger partial charge in [-0.1, -0.05) is 28.1 Å². The quantitative estimate of drug-likeness (QED) is 0.609. The van der Waals surface area contributed by atoms with Crippen molar-refractivity contribution in [1.29, 1.82) is 0 Å². The lowest BCUT2D eigenvalue weighted by Gasteiger charge is -2.23. The van der Waals surface area contributed by atoms with Crippen molar-refractivity contribution >= 4 is 44.9 Å². The topological polar surface area (TPSA) is 96.2 Å².